The Morgan fingerprint density at radius 2 is 2.11 bits per heavy atom. The highest BCUT2D eigenvalue weighted by molar-refractivity contribution is 7.89. The first-order valence-corrected chi connectivity index (χ1v) is 7.43. The molecule has 1 aromatic heterocycles. The Morgan fingerprint density at radius 1 is 1.42 bits per heavy atom. The first-order valence-electron chi connectivity index (χ1n) is 5.78. The normalized spacial score (nSPS) is 11.6. The maximum atomic E-state index is 11.2. The third kappa shape index (κ3) is 4.87. The van der Waals surface area contributed by atoms with Crippen LogP contribution < -0.4 is 20.5 Å². The standard InChI is InChI=1S/C10H19N5O3S/c1-7(2)18-10-8(11)9(14-6-15-10)13-4-5-19(16,17)12-3/h6-7,12H,4-5,11H2,1-3H3,(H,13,14,15). The van der Waals surface area contributed by atoms with E-state index in [1.165, 1.54) is 13.4 Å². The second-order valence-corrected chi connectivity index (χ2v) is 6.10. The van der Waals surface area contributed by atoms with Gasteiger partial charge in [-0.1, -0.05) is 0 Å². The van der Waals surface area contributed by atoms with Crippen molar-refractivity contribution in [2.45, 2.75) is 20.0 Å². The van der Waals surface area contributed by atoms with Crippen LogP contribution in [0.3, 0.4) is 0 Å². The molecule has 1 aromatic rings. The fraction of sp³-hybridized carbons (Fsp3) is 0.600. The molecule has 0 saturated carbocycles. The molecule has 0 aliphatic carbocycles. The average Bonchev–Trinajstić information content (AvgIpc) is 2.33. The molecule has 0 radical (unpaired) electrons. The van der Waals surface area contributed by atoms with Crippen molar-refractivity contribution >= 4 is 21.5 Å². The monoisotopic (exact) mass is 289 g/mol. The van der Waals surface area contributed by atoms with Gasteiger partial charge in [0.25, 0.3) is 0 Å². The van der Waals surface area contributed by atoms with E-state index in [1.807, 2.05) is 13.8 Å². The predicted molar refractivity (Wildman–Crippen MR) is 73.5 cm³/mol. The topological polar surface area (TPSA) is 119 Å². The lowest BCUT2D eigenvalue weighted by Gasteiger charge is -2.13. The molecule has 0 aliphatic heterocycles. The van der Waals surface area contributed by atoms with Gasteiger partial charge in [0, 0.05) is 6.54 Å². The molecule has 0 unspecified atom stereocenters. The van der Waals surface area contributed by atoms with Gasteiger partial charge in [0.05, 0.1) is 11.9 Å². The van der Waals surface area contributed by atoms with Gasteiger partial charge in [-0.15, -0.1) is 0 Å². The molecule has 9 heteroatoms. The Labute approximate surface area is 112 Å². The number of hydrogen-bond acceptors (Lipinski definition) is 7. The van der Waals surface area contributed by atoms with Gasteiger partial charge in [0.1, 0.15) is 12.0 Å². The molecule has 0 aromatic carbocycles. The van der Waals surface area contributed by atoms with E-state index in [0.717, 1.165) is 0 Å². The van der Waals surface area contributed by atoms with Crippen LogP contribution in [0.25, 0.3) is 0 Å². The summed E-state index contributed by atoms with van der Waals surface area (Å²) in [5, 5.41) is 2.84. The third-order valence-corrected chi connectivity index (χ3v) is 3.53. The van der Waals surface area contributed by atoms with Crippen molar-refractivity contribution in [2.24, 2.45) is 0 Å². The zero-order chi connectivity index (χ0) is 14.5. The molecule has 0 atom stereocenters. The molecule has 8 nitrogen and oxygen atoms in total. The second kappa shape index (κ2) is 6.53. The van der Waals surface area contributed by atoms with E-state index in [0.29, 0.717) is 5.82 Å². The summed E-state index contributed by atoms with van der Waals surface area (Å²) in [6.45, 7) is 3.90. The summed E-state index contributed by atoms with van der Waals surface area (Å²) in [4.78, 5) is 7.87. The largest absolute Gasteiger partial charge is 0.473 e. The zero-order valence-corrected chi connectivity index (χ0v) is 12.0. The molecule has 1 rings (SSSR count). The first kappa shape index (κ1) is 15.4. The van der Waals surface area contributed by atoms with Crippen molar-refractivity contribution in [3.63, 3.8) is 0 Å². The molecule has 0 bridgehead atoms. The van der Waals surface area contributed by atoms with Crippen LogP contribution >= 0.6 is 0 Å². The molecule has 0 aliphatic rings. The minimum absolute atomic E-state index is 0.0604. The van der Waals surface area contributed by atoms with Gasteiger partial charge in [0.2, 0.25) is 15.9 Å². The van der Waals surface area contributed by atoms with Crippen molar-refractivity contribution in [2.75, 3.05) is 30.4 Å². The van der Waals surface area contributed by atoms with Crippen LogP contribution in [0.4, 0.5) is 11.5 Å². The van der Waals surface area contributed by atoms with Crippen LogP contribution in [0, 0.1) is 0 Å². The lowest BCUT2D eigenvalue weighted by atomic mass is 10.4. The molecule has 0 saturated heterocycles. The van der Waals surface area contributed by atoms with Gasteiger partial charge < -0.3 is 15.8 Å². The first-order chi connectivity index (χ1) is 8.85. The average molecular weight is 289 g/mol. The van der Waals surface area contributed by atoms with E-state index in [-0.39, 0.29) is 30.0 Å². The Bertz CT molecular complexity index is 518. The van der Waals surface area contributed by atoms with Gasteiger partial charge in [-0.2, -0.15) is 4.98 Å². The second-order valence-electron chi connectivity index (χ2n) is 4.06. The third-order valence-electron chi connectivity index (χ3n) is 2.17. The fourth-order valence-corrected chi connectivity index (χ4v) is 1.82. The van der Waals surface area contributed by atoms with Crippen LogP contribution in [0.15, 0.2) is 6.33 Å². The molecule has 0 amide bonds. The van der Waals surface area contributed by atoms with E-state index in [2.05, 4.69) is 20.0 Å². The zero-order valence-electron chi connectivity index (χ0n) is 11.2. The van der Waals surface area contributed by atoms with Crippen molar-refractivity contribution in [1.82, 2.24) is 14.7 Å². The van der Waals surface area contributed by atoms with Crippen LogP contribution in [-0.4, -0.2) is 43.8 Å². The molecule has 0 spiro atoms. The van der Waals surface area contributed by atoms with Crippen molar-refractivity contribution < 1.29 is 13.2 Å². The van der Waals surface area contributed by atoms with E-state index in [9.17, 15) is 8.42 Å². The summed E-state index contributed by atoms with van der Waals surface area (Å²) < 4.78 is 30.1. The van der Waals surface area contributed by atoms with Gasteiger partial charge in [0.15, 0.2) is 5.82 Å². The minimum atomic E-state index is -3.26. The van der Waals surface area contributed by atoms with Crippen LogP contribution in [-0.2, 0) is 10.0 Å². The quantitative estimate of drug-likeness (QED) is 0.636. The summed E-state index contributed by atoms with van der Waals surface area (Å²) >= 11 is 0. The number of nitrogen functional groups attached to an aromatic ring is 1. The molecule has 19 heavy (non-hydrogen) atoms. The number of ether oxygens (including phenoxy) is 1. The van der Waals surface area contributed by atoms with Gasteiger partial charge in [-0.25, -0.2) is 18.1 Å². The van der Waals surface area contributed by atoms with E-state index in [4.69, 9.17) is 10.5 Å². The highest BCUT2D eigenvalue weighted by Gasteiger charge is 2.12. The summed E-state index contributed by atoms with van der Waals surface area (Å²) in [7, 11) is -1.90. The Kier molecular flexibility index (Phi) is 5.31. The molecular formula is C10H19N5O3S. The Morgan fingerprint density at radius 3 is 2.68 bits per heavy atom. The number of hydrogen-bond donors (Lipinski definition) is 3. The highest BCUT2D eigenvalue weighted by atomic mass is 32.2. The summed E-state index contributed by atoms with van der Waals surface area (Å²) in [6, 6.07) is 0. The Hall–Kier alpha value is -1.61. The van der Waals surface area contributed by atoms with E-state index >= 15 is 0 Å². The minimum Gasteiger partial charge on any atom is -0.473 e. The fourth-order valence-electron chi connectivity index (χ4n) is 1.24. The SMILES string of the molecule is CNS(=O)(=O)CCNc1ncnc(OC(C)C)c1N. The Balaban J connectivity index is 2.69. The lowest BCUT2D eigenvalue weighted by molar-refractivity contribution is 0.234. The number of nitrogens with zero attached hydrogens (tertiary/aromatic N) is 2. The van der Waals surface area contributed by atoms with Gasteiger partial charge in [-0.3, -0.25) is 0 Å². The molecular weight excluding hydrogens is 270 g/mol. The maximum Gasteiger partial charge on any atom is 0.242 e. The molecule has 0 fully saturated rings. The number of nitrogens with one attached hydrogen (secondary N) is 2. The lowest BCUT2D eigenvalue weighted by Crippen LogP contribution is -2.26. The molecule has 1 heterocycles. The number of rotatable bonds is 7. The van der Waals surface area contributed by atoms with E-state index in [1.54, 1.807) is 0 Å². The van der Waals surface area contributed by atoms with Crippen LogP contribution in [0.1, 0.15) is 13.8 Å². The summed E-state index contributed by atoms with van der Waals surface area (Å²) in [6.07, 6.45) is 1.25. The molecule has 4 N–H and O–H groups in total. The van der Waals surface area contributed by atoms with Gasteiger partial charge in [-0.05, 0) is 20.9 Å². The van der Waals surface area contributed by atoms with E-state index < -0.39 is 10.0 Å². The summed E-state index contributed by atoms with van der Waals surface area (Å²) in [5.74, 6) is 0.564. The van der Waals surface area contributed by atoms with Crippen molar-refractivity contribution in [1.29, 1.82) is 0 Å². The maximum absolute atomic E-state index is 11.2. The number of anilines is 2. The predicted octanol–water partition coefficient (Wildman–Crippen LogP) is -0.193. The number of aromatic nitrogens is 2. The summed E-state index contributed by atoms with van der Waals surface area (Å²) in [5.41, 5.74) is 6.10. The number of nitrogens with two attached hydrogens (primary N) is 1. The smallest absolute Gasteiger partial charge is 0.242 e. The van der Waals surface area contributed by atoms with Crippen LogP contribution in [0.5, 0.6) is 5.88 Å². The van der Waals surface area contributed by atoms with Crippen molar-refractivity contribution in [3.8, 4) is 5.88 Å². The van der Waals surface area contributed by atoms with Crippen molar-refractivity contribution in [3.05, 3.63) is 6.33 Å². The van der Waals surface area contributed by atoms with Gasteiger partial charge >= 0.3 is 0 Å². The number of sulfonamides is 1. The molecule has 108 valence electrons. The van der Waals surface area contributed by atoms with Crippen LogP contribution in [0.2, 0.25) is 0 Å². The highest BCUT2D eigenvalue weighted by Crippen LogP contribution is 2.25.